The molecule has 0 spiro atoms. The van der Waals surface area contributed by atoms with Crippen LogP contribution in [0.15, 0.2) is 12.1 Å². The molecule has 1 heterocycles. The highest BCUT2D eigenvalue weighted by molar-refractivity contribution is 6.88. The van der Waals surface area contributed by atoms with Crippen LogP contribution in [0.1, 0.15) is 19.4 Å². The minimum Gasteiger partial charge on any atom is -0.371 e. The average Bonchev–Trinajstić information content (AvgIpc) is 2.36. The Morgan fingerprint density at radius 3 is 2.35 bits per heavy atom. The number of anilines is 1. The van der Waals surface area contributed by atoms with E-state index in [2.05, 4.69) is 44.5 Å². The molecule has 0 N–H and O–H groups in total. The van der Waals surface area contributed by atoms with Gasteiger partial charge in [0.05, 0.1) is 13.8 Å². The van der Waals surface area contributed by atoms with Gasteiger partial charge in [-0.2, -0.15) is 0 Å². The van der Waals surface area contributed by atoms with Crippen LogP contribution in [0.25, 0.3) is 0 Å². The monoisotopic (exact) mass is 251 g/mol. The van der Waals surface area contributed by atoms with Crippen LogP contribution in [0, 0.1) is 5.82 Å². The third-order valence-corrected chi connectivity index (χ3v) is 5.67. The first kappa shape index (κ1) is 12.6. The molecular weight excluding hydrogens is 229 g/mol. The maximum Gasteiger partial charge on any atom is 0.146 e. The van der Waals surface area contributed by atoms with E-state index in [4.69, 9.17) is 0 Å². The minimum absolute atomic E-state index is 0.0229. The second-order valence-corrected chi connectivity index (χ2v) is 11.9. The van der Waals surface area contributed by atoms with Crippen molar-refractivity contribution in [1.82, 2.24) is 0 Å². The van der Waals surface area contributed by atoms with Crippen LogP contribution in [0.3, 0.4) is 0 Å². The fourth-order valence-corrected chi connectivity index (χ4v) is 4.18. The fourth-order valence-electron chi connectivity index (χ4n) is 2.82. The van der Waals surface area contributed by atoms with Crippen molar-refractivity contribution < 1.29 is 4.39 Å². The van der Waals surface area contributed by atoms with Gasteiger partial charge in [0, 0.05) is 19.0 Å². The summed E-state index contributed by atoms with van der Waals surface area (Å²) in [6.45, 7) is 11.8. The lowest BCUT2D eigenvalue weighted by Crippen LogP contribution is -2.40. The zero-order chi connectivity index (χ0) is 13.0. The summed E-state index contributed by atoms with van der Waals surface area (Å²) < 4.78 is 14.7. The third kappa shape index (κ3) is 1.90. The molecule has 1 aliphatic rings. The molecule has 3 heteroatoms. The molecular formula is C14H22FNSi. The topological polar surface area (TPSA) is 3.24 Å². The minimum atomic E-state index is -1.60. The maximum atomic E-state index is 14.7. The lowest BCUT2D eigenvalue weighted by molar-refractivity contribution is 0.563. The number of rotatable bonds is 1. The van der Waals surface area contributed by atoms with Gasteiger partial charge in [-0.1, -0.05) is 45.6 Å². The predicted molar refractivity (Wildman–Crippen MR) is 75.7 cm³/mol. The molecule has 0 amide bonds. The van der Waals surface area contributed by atoms with E-state index in [1.807, 2.05) is 13.1 Å². The summed E-state index contributed by atoms with van der Waals surface area (Å²) in [5.74, 6) is 0.0229. The number of halogens is 1. The number of likely N-dealkylation sites (N-methyl/N-ethyl adjacent to an activating group) is 1. The summed E-state index contributed by atoms with van der Waals surface area (Å²) in [4.78, 5) is 2.06. The van der Waals surface area contributed by atoms with E-state index in [-0.39, 0.29) is 11.2 Å². The molecule has 1 aliphatic heterocycles. The molecule has 0 aliphatic carbocycles. The average molecular weight is 251 g/mol. The first-order valence-electron chi connectivity index (χ1n) is 6.19. The lowest BCUT2D eigenvalue weighted by atomic mass is 9.87. The maximum absolute atomic E-state index is 14.7. The largest absolute Gasteiger partial charge is 0.371 e. The van der Waals surface area contributed by atoms with Crippen molar-refractivity contribution in [3.05, 3.63) is 23.5 Å². The molecule has 2 rings (SSSR count). The van der Waals surface area contributed by atoms with Gasteiger partial charge in [0.25, 0.3) is 0 Å². The molecule has 0 aromatic heterocycles. The highest BCUT2D eigenvalue weighted by atomic mass is 28.3. The summed E-state index contributed by atoms with van der Waals surface area (Å²) in [5.41, 5.74) is 2.04. The Hall–Kier alpha value is -0.833. The van der Waals surface area contributed by atoms with E-state index >= 15 is 0 Å². The van der Waals surface area contributed by atoms with Crippen LogP contribution in [0.4, 0.5) is 10.1 Å². The Morgan fingerprint density at radius 1 is 1.24 bits per heavy atom. The van der Waals surface area contributed by atoms with E-state index < -0.39 is 8.07 Å². The van der Waals surface area contributed by atoms with Gasteiger partial charge in [0.15, 0.2) is 0 Å². The van der Waals surface area contributed by atoms with Crippen molar-refractivity contribution in [2.24, 2.45) is 0 Å². The lowest BCUT2D eigenvalue weighted by Gasteiger charge is -2.22. The standard InChI is InChI=1S/C14H22FNSi/c1-14(2)9-16(3)13-10(14)7-8-11(12(13)15)17(4,5)6/h7-8H,9H2,1-6H3. The van der Waals surface area contributed by atoms with Crippen LogP contribution in [-0.4, -0.2) is 21.7 Å². The van der Waals surface area contributed by atoms with Crippen molar-refractivity contribution in [3.8, 4) is 0 Å². The zero-order valence-electron chi connectivity index (χ0n) is 11.7. The van der Waals surface area contributed by atoms with E-state index in [0.717, 1.165) is 23.0 Å². The molecule has 1 aromatic carbocycles. The Labute approximate surface area is 105 Å². The summed E-state index contributed by atoms with van der Waals surface area (Å²) in [5, 5.41) is 0.945. The zero-order valence-corrected chi connectivity index (χ0v) is 12.7. The SMILES string of the molecule is CN1CC(C)(C)c2ccc([Si](C)(C)C)c(F)c21. The van der Waals surface area contributed by atoms with Gasteiger partial charge in [0.2, 0.25) is 0 Å². The number of fused-ring (bicyclic) bond motifs is 1. The van der Waals surface area contributed by atoms with Gasteiger partial charge < -0.3 is 4.90 Å². The second kappa shape index (κ2) is 3.58. The summed E-state index contributed by atoms with van der Waals surface area (Å²) in [7, 11) is 0.392. The fraction of sp³-hybridized carbons (Fsp3) is 0.571. The Balaban J connectivity index is 2.66. The van der Waals surface area contributed by atoms with Crippen LogP contribution in [0.5, 0.6) is 0 Å². The van der Waals surface area contributed by atoms with E-state index in [1.165, 1.54) is 0 Å². The van der Waals surface area contributed by atoms with Crippen molar-refractivity contribution in [2.45, 2.75) is 38.9 Å². The summed E-state index contributed by atoms with van der Waals surface area (Å²) in [6, 6.07) is 4.15. The highest BCUT2D eigenvalue weighted by Gasteiger charge is 2.37. The first-order valence-corrected chi connectivity index (χ1v) is 9.69. The predicted octanol–water partition coefficient (Wildman–Crippen LogP) is 3.10. The van der Waals surface area contributed by atoms with E-state index in [9.17, 15) is 4.39 Å². The van der Waals surface area contributed by atoms with Crippen molar-refractivity contribution in [3.63, 3.8) is 0 Å². The molecule has 0 radical (unpaired) electrons. The molecule has 0 fully saturated rings. The number of hydrogen-bond acceptors (Lipinski definition) is 1. The van der Waals surface area contributed by atoms with Crippen LogP contribution in [0.2, 0.25) is 19.6 Å². The summed E-state index contributed by atoms with van der Waals surface area (Å²) >= 11 is 0. The molecule has 94 valence electrons. The Morgan fingerprint density at radius 2 is 1.82 bits per heavy atom. The van der Waals surface area contributed by atoms with Crippen molar-refractivity contribution in [2.75, 3.05) is 18.5 Å². The van der Waals surface area contributed by atoms with Gasteiger partial charge in [-0.25, -0.2) is 4.39 Å². The van der Waals surface area contributed by atoms with Crippen LogP contribution >= 0.6 is 0 Å². The molecule has 0 bridgehead atoms. The quantitative estimate of drug-likeness (QED) is 0.693. The van der Waals surface area contributed by atoms with Gasteiger partial charge in [-0.05, 0) is 10.8 Å². The van der Waals surface area contributed by atoms with Gasteiger partial charge in [0.1, 0.15) is 5.82 Å². The summed E-state index contributed by atoms with van der Waals surface area (Å²) in [6.07, 6.45) is 0. The number of benzene rings is 1. The van der Waals surface area contributed by atoms with Crippen molar-refractivity contribution in [1.29, 1.82) is 0 Å². The van der Waals surface area contributed by atoms with E-state index in [0.29, 0.717) is 0 Å². The molecule has 0 atom stereocenters. The van der Waals surface area contributed by atoms with Crippen LogP contribution in [-0.2, 0) is 5.41 Å². The smallest absolute Gasteiger partial charge is 0.146 e. The van der Waals surface area contributed by atoms with Gasteiger partial charge in [-0.15, -0.1) is 0 Å². The Bertz CT molecular complexity index is 460. The molecule has 0 saturated carbocycles. The van der Waals surface area contributed by atoms with Gasteiger partial charge >= 0.3 is 0 Å². The first-order chi connectivity index (χ1) is 7.64. The Kier molecular flexibility index (Phi) is 2.66. The molecule has 0 unspecified atom stereocenters. The van der Waals surface area contributed by atoms with Crippen LogP contribution < -0.4 is 10.1 Å². The number of hydrogen-bond donors (Lipinski definition) is 0. The molecule has 1 nitrogen and oxygen atoms in total. The van der Waals surface area contributed by atoms with Crippen molar-refractivity contribution >= 4 is 18.9 Å². The van der Waals surface area contributed by atoms with E-state index in [1.54, 1.807) is 0 Å². The molecule has 1 aromatic rings. The second-order valence-electron chi connectivity index (χ2n) is 6.81. The molecule has 0 saturated heterocycles. The third-order valence-electron chi connectivity index (χ3n) is 3.67. The highest BCUT2D eigenvalue weighted by Crippen LogP contribution is 2.40. The normalized spacial score (nSPS) is 18.4. The number of nitrogens with zero attached hydrogens (tertiary/aromatic N) is 1. The van der Waals surface area contributed by atoms with Gasteiger partial charge in [-0.3, -0.25) is 0 Å². The molecule has 17 heavy (non-hydrogen) atoms.